The van der Waals surface area contributed by atoms with Gasteiger partial charge in [-0.2, -0.15) is 10.2 Å². The molecule has 0 radical (unpaired) electrons. The average molecular weight is 280 g/mol. The highest BCUT2D eigenvalue weighted by Gasteiger charge is 2.47. The first-order valence-corrected chi connectivity index (χ1v) is 6.14. The molecule has 1 saturated heterocycles. The van der Waals surface area contributed by atoms with Gasteiger partial charge in [0, 0.05) is 6.20 Å². The Morgan fingerprint density at radius 3 is 3.05 bits per heavy atom. The van der Waals surface area contributed by atoms with Crippen molar-refractivity contribution in [2.45, 2.75) is 19.5 Å². The van der Waals surface area contributed by atoms with Crippen molar-refractivity contribution in [3.63, 3.8) is 0 Å². The van der Waals surface area contributed by atoms with Crippen LogP contribution in [0.3, 0.4) is 0 Å². The first kappa shape index (κ1) is 14.2. The lowest BCUT2D eigenvalue weighted by Gasteiger charge is -2.25. The molecule has 1 aromatic heterocycles. The molecule has 0 aromatic carbocycles. The van der Waals surface area contributed by atoms with Crippen molar-refractivity contribution in [1.82, 2.24) is 20.8 Å². The summed E-state index contributed by atoms with van der Waals surface area (Å²) < 4.78 is 5.15. The van der Waals surface area contributed by atoms with E-state index in [2.05, 4.69) is 20.8 Å². The van der Waals surface area contributed by atoms with Crippen LogP contribution in [0.5, 0.6) is 0 Å². The minimum Gasteiger partial charge on any atom is -0.481 e. The van der Waals surface area contributed by atoms with Gasteiger partial charge in [-0.1, -0.05) is 0 Å². The molecule has 2 heterocycles. The number of nitrogens with zero attached hydrogens (tertiary/aromatic N) is 2. The minimum absolute atomic E-state index is 0.0808. The highest BCUT2D eigenvalue weighted by atomic mass is 16.5. The SMILES string of the molecule is CC1(C(=O)O)COCC1NC(=O)NCc1cccnn1. The van der Waals surface area contributed by atoms with E-state index in [4.69, 9.17) is 4.74 Å². The molecule has 3 N–H and O–H groups in total. The van der Waals surface area contributed by atoms with Crippen LogP contribution in [0.2, 0.25) is 0 Å². The Balaban J connectivity index is 1.87. The number of carbonyl (C=O) groups excluding carboxylic acids is 1. The van der Waals surface area contributed by atoms with E-state index < -0.39 is 23.5 Å². The second kappa shape index (κ2) is 5.83. The zero-order chi connectivity index (χ0) is 14.6. The van der Waals surface area contributed by atoms with Crippen LogP contribution in [0.15, 0.2) is 18.3 Å². The molecule has 2 amide bonds. The van der Waals surface area contributed by atoms with E-state index in [1.165, 1.54) is 6.20 Å². The van der Waals surface area contributed by atoms with E-state index in [-0.39, 0.29) is 19.8 Å². The molecule has 108 valence electrons. The van der Waals surface area contributed by atoms with Crippen LogP contribution in [-0.4, -0.2) is 46.6 Å². The van der Waals surface area contributed by atoms with Gasteiger partial charge in [0.25, 0.3) is 0 Å². The van der Waals surface area contributed by atoms with Crippen molar-refractivity contribution in [2.24, 2.45) is 5.41 Å². The van der Waals surface area contributed by atoms with E-state index in [9.17, 15) is 14.7 Å². The smallest absolute Gasteiger partial charge is 0.315 e. The molecule has 2 unspecified atom stereocenters. The summed E-state index contributed by atoms with van der Waals surface area (Å²) in [6, 6.07) is 2.42. The van der Waals surface area contributed by atoms with Gasteiger partial charge in [-0.05, 0) is 19.1 Å². The molecular formula is C12H16N4O4. The summed E-state index contributed by atoms with van der Waals surface area (Å²) in [4.78, 5) is 23.0. The number of carboxylic acid groups (broad SMARTS) is 1. The number of nitrogens with one attached hydrogen (secondary N) is 2. The van der Waals surface area contributed by atoms with Crippen LogP contribution in [-0.2, 0) is 16.1 Å². The van der Waals surface area contributed by atoms with E-state index >= 15 is 0 Å². The predicted molar refractivity (Wildman–Crippen MR) is 67.8 cm³/mol. The van der Waals surface area contributed by atoms with Crippen LogP contribution >= 0.6 is 0 Å². The molecule has 0 bridgehead atoms. The number of amides is 2. The van der Waals surface area contributed by atoms with Crippen LogP contribution in [0.25, 0.3) is 0 Å². The summed E-state index contributed by atoms with van der Waals surface area (Å²) in [5.74, 6) is -0.991. The van der Waals surface area contributed by atoms with Gasteiger partial charge in [0.05, 0.1) is 31.5 Å². The highest BCUT2D eigenvalue weighted by Crippen LogP contribution is 2.28. The molecule has 20 heavy (non-hydrogen) atoms. The van der Waals surface area contributed by atoms with Gasteiger partial charge in [0.2, 0.25) is 0 Å². The lowest BCUT2D eigenvalue weighted by Crippen LogP contribution is -2.52. The summed E-state index contributed by atoms with van der Waals surface area (Å²) in [6.45, 7) is 2.03. The van der Waals surface area contributed by atoms with Crippen LogP contribution in [0.1, 0.15) is 12.6 Å². The van der Waals surface area contributed by atoms with Gasteiger partial charge in [0.1, 0.15) is 5.41 Å². The highest BCUT2D eigenvalue weighted by molar-refractivity contribution is 5.79. The van der Waals surface area contributed by atoms with Gasteiger partial charge in [-0.15, -0.1) is 0 Å². The maximum Gasteiger partial charge on any atom is 0.315 e. The molecule has 0 spiro atoms. The normalized spacial score (nSPS) is 25.1. The monoisotopic (exact) mass is 280 g/mol. The third-order valence-electron chi connectivity index (χ3n) is 3.31. The fourth-order valence-electron chi connectivity index (χ4n) is 1.89. The predicted octanol–water partition coefficient (Wildman–Crippen LogP) is -0.235. The molecule has 1 fully saturated rings. The lowest BCUT2D eigenvalue weighted by molar-refractivity contribution is -0.148. The van der Waals surface area contributed by atoms with Crippen molar-refractivity contribution in [3.05, 3.63) is 24.0 Å². The van der Waals surface area contributed by atoms with Crippen LogP contribution in [0.4, 0.5) is 4.79 Å². The Morgan fingerprint density at radius 1 is 1.60 bits per heavy atom. The minimum atomic E-state index is -1.11. The van der Waals surface area contributed by atoms with E-state index in [0.717, 1.165) is 0 Å². The van der Waals surface area contributed by atoms with Crippen molar-refractivity contribution in [2.75, 3.05) is 13.2 Å². The zero-order valence-electron chi connectivity index (χ0n) is 11.0. The van der Waals surface area contributed by atoms with Gasteiger partial charge in [-0.25, -0.2) is 4.79 Å². The number of ether oxygens (including phenoxy) is 1. The van der Waals surface area contributed by atoms with Crippen molar-refractivity contribution < 1.29 is 19.4 Å². The summed E-state index contributed by atoms with van der Waals surface area (Å²) >= 11 is 0. The summed E-state index contributed by atoms with van der Waals surface area (Å²) in [6.07, 6.45) is 1.54. The third kappa shape index (κ3) is 3.02. The molecular weight excluding hydrogens is 264 g/mol. The molecule has 2 atom stereocenters. The largest absolute Gasteiger partial charge is 0.481 e. The average Bonchev–Trinajstić information content (AvgIpc) is 2.80. The molecule has 2 rings (SSSR count). The van der Waals surface area contributed by atoms with Crippen LogP contribution < -0.4 is 10.6 Å². The Labute approximate surface area is 115 Å². The Bertz CT molecular complexity index is 495. The van der Waals surface area contributed by atoms with E-state index in [1.807, 2.05) is 0 Å². The molecule has 8 nitrogen and oxygen atoms in total. The second-order valence-electron chi connectivity index (χ2n) is 4.83. The lowest BCUT2D eigenvalue weighted by atomic mass is 9.85. The number of urea groups is 1. The number of aliphatic carboxylic acids is 1. The fraction of sp³-hybridized carbons (Fsp3) is 0.500. The van der Waals surface area contributed by atoms with Gasteiger partial charge in [-0.3, -0.25) is 4.79 Å². The number of rotatable bonds is 4. The number of carbonyl (C=O) groups is 2. The Hall–Kier alpha value is -2.22. The molecule has 8 heteroatoms. The van der Waals surface area contributed by atoms with Crippen molar-refractivity contribution in [1.29, 1.82) is 0 Å². The first-order chi connectivity index (χ1) is 9.52. The summed E-state index contributed by atoms with van der Waals surface area (Å²) in [7, 11) is 0. The number of hydrogen-bond acceptors (Lipinski definition) is 5. The maximum atomic E-state index is 11.8. The number of aromatic nitrogens is 2. The van der Waals surface area contributed by atoms with Crippen molar-refractivity contribution in [3.8, 4) is 0 Å². The van der Waals surface area contributed by atoms with E-state index in [1.54, 1.807) is 19.1 Å². The van der Waals surface area contributed by atoms with Gasteiger partial charge < -0.3 is 20.5 Å². The third-order valence-corrected chi connectivity index (χ3v) is 3.31. The Kier molecular flexibility index (Phi) is 4.14. The fourth-order valence-corrected chi connectivity index (χ4v) is 1.89. The quantitative estimate of drug-likeness (QED) is 0.702. The zero-order valence-corrected chi connectivity index (χ0v) is 11.0. The molecule has 1 aromatic rings. The van der Waals surface area contributed by atoms with E-state index in [0.29, 0.717) is 5.69 Å². The maximum absolute atomic E-state index is 11.8. The first-order valence-electron chi connectivity index (χ1n) is 6.14. The summed E-state index contributed by atoms with van der Waals surface area (Å²) in [5, 5.41) is 21.9. The molecule has 1 aliphatic rings. The summed E-state index contributed by atoms with van der Waals surface area (Å²) in [5.41, 5.74) is -0.490. The molecule has 0 saturated carbocycles. The van der Waals surface area contributed by atoms with Crippen LogP contribution in [0, 0.1) is 5.41 Å². The topological polar surface area (TPSA) is 113 Å². The molecule has 1 aliphatic heterocycles. The standard InChI is InChI=1S/C12H16N4O4/c1-12(10(17)18)7-20-6-9(12)15-11(19)13-5-8-3-2-4-14-16-8/h2-4,9H,5-7H2,1H3,(H,17,18)(H2,13,15,19). The number of carboxylic acids is 1. The van der Waals surface area contributed by atoms with Gasteiger partial charge >= 0.3 is 12.0 Å². The van der Waals surface area contributed by atoms with Crippen molar-refractivity contribution >= 4 is 12.0 Å². The number of hydrogen-bond donors (Lipinski definition) is 3. The Morgan fingerprint density at radius 2 is 2.40 bits per heavy atom. The van der Waals surface area contributed by atoms with Gasteiger partial charge in [0.15, 0.2) is 0 Å². The molecule has 0 aliphatic carbocycles. The second-order valence-corrected chi connectivity index (χ2v) is 4.83.